The molecule has 0 unspecified atom stereocenters. The highest BCUT2D eigenvalue weighted by Crippen LogP contribution is 2.26. The molecule has 2 rings (SSSR count). The number of rotatable bonds is 2. The van der Waals surface area contributed by atoms with Gasteiger partial charge in [0.15, 0.2) is 5.16 Å². The van der Waals surface area contributed by atoms with E-state index in [1.807, 2.05) is 17.8 Å². The average Bonchev–Trinajstić information content (AvgIpc) is 2.56. The van der Waals surface area contributed by atoms with Gasteiger partial charge in [-0.15, -0.1) is 0 Å². The Morgan fingerprint density at radius 2 is 2.29 bits per heavy atom. The summed E-state index contributed by atoms with van der Waals surface area (Å²) in [5.74, 6) is 0. The fourth-order valence-corrected chi connectivity index (χ4v) is 2.29. The van der Waals surface area contributed by atoms with Crippen LogP contribution in [-0.4, -0.2) is 19.5 Å². The molecule has 0 saturated heterocycles. The molecule has 0 bridgehead atoms. The fourth-order valence-electron chi connectivity index (χ4n) is 0.913. The Balaban J connectivity index is 2.28. The van der Waals surface area contributed by atoms with Crippen LogP contribution in [0, 0.1) is 3.57 Å². The highest BCUT2D eigenvalue weighted by molar-refractivity contribution is 14.1. The summed E-state index contributed by atoms with van der Waals surface area (Å²) < 4.78 is 3.00. The maximum absolute atomic E-state index is 4.21. The summed E-state index contributed by atoms with van der Waals surface area (Å²) in [6, 6.07) is 0. The van der Waals surface area contributed by atoms with Crippen LogP contribution < -0.4 is 0 Å². The number of imidazole rings is 1. The van der Waals surface area contributed by atoms with Crippen LogP contribution in [0.1, 0.15) is 0 Å². The molecule has 6 heteroatoms. The van der Waals surface area contributed by atoms with Crippen LogP contribution >= 0.6 is 34.4 Å². The molecule has 0 amide bonds. The standard InChI is InChI=1S/C8H7IN4S/c1-13-3-2-11-8(13)14-7-6(9)4-10-5-12-7/h2-5H,1H3. The van der Waals surface area contributed by atoms with E-state index in [9.17, 15) is 0 Å². The first-order valence-electron chi connectivity index (χ1n) is 3.88. The summed E-state index contributed by atoms with van der Waals surface area (Å²) in [6.45, 7) is 0. The summed E-state index contributed by atoms with van der Waals surface area (Å²) in [5, 5.41) is 1.87. The van der Waals surface area contributed by atoms with Crippen molar-refractivity contribution in [2.75, 3.05) is 0 Å². The molecule has 4 nitrogen and oxygen atoms in total. The lowest BCUT2D eigenvalue weighted by Gasteiger charge is -2.01. The van der Waals surface area contributed by atoms with E-state index < -0.39 is 0 Å². The third-order valence-electron chi connectivity index (χ3n) is 1.60. The predicted molar refractivity (Wildman–Crippen MR) is 62.1 cm³/mol. The number of aromatic nitrogens is 4. The first-order chi connectivity index (χ1) is 6.77. The number of nitrogens with zero attached hydrogens (tertiary/aromatic N) is 4. The van der Waals surface area contributed by atoms with Crippen LogP contribution in [0.25, 0.3) is 0 Å². The molecule has 0 aromatic carbocycles. The molecule has 0 aliphatic rings. The second-order valence-corrected chi connectivity index (χ2v) is 4.72. The lowest BCUT2D eigenvalue weighted by atomic mass is 10.7. The normalized spacial score (nSPS) is 10.4. The van der Waals surface area contributed by atoms with Gasteiger partial charge in [-0.3, -0.25) is 0 Å². The molecule has 72 valence electrons. The summed E-state index contributed by atoms with van der Waals surface area (Å²) in [5.41, 5.74) is 0. The molecule has 0 aliphatic heterocycles. The van der Waals surface area contributed by atoms with Gasteiger partial charge >= 0.3 is 0 Å². The van der Waals surface area contributed by atoms with E-state index in [1.165, 1.54) is 0 Å². The molecule has 2 heterocycles. The van der Waals surface area contributed by atoms with E-state index in [2.05, 4.69) is 37.5 Å². The van der Waals surface area contributed by atoms with Crippen molar-refractivity contribution in [2.24, 2.45) is 7.05 Å². The Bertz CT molecular complexity index is 442. The zero-order valence-corrected chi connectivity index (χ0v) is 10.4. The summed E-state index contributed by atoms with van der Waals surface area (Å²) in [7, 11) is 1.96. The lowest BCUT2D eigenvalue weighted by Crippen LogP contribution is -1.92. The predicted octanol–water partition coefficient (Wildman–Crippen LogP) is 1.97. The van der Waals surface area contributed by atoms with Crippen LogP contribution in [0.5, 0.6) is 0 Å². The van der Waals surface area contributed by atoms with E-state index in [0.29, 0.717) is 0 Å². The van der Waals surface area contributed by atoms with Crippen LogP contribution in [0.4, 0.5) is 0 Å². The first-order valence-corrected chi connectivity index (χ1v) is 5.77. The second kappa shape index (κ2) is 4.26. The third kappa shape index (κ3) is 2.06. The van der Waals surface area contributed by atoms with Crippen LogP contribution in [-0.2, 0) is 7.05 Å². The highest BCUT2D eigenvalue weighted by atomic mass is 127. The highest BCUT2D eigenvalue weighted by Gasteiger charge is 2.06. The third-order valence-corrected chi connectivity index (χ3v) is 3.85. The van der Waals surface area contributed by atoms with E-state index in [0.717, 1.165) is 13.8 Å². The van der Waals surface area contributed by atoms with Crippen molar-refractivity contribution in [1.29, 1.82) is 0 Å². The van der Waals surface area contributed by atoms with Gasteiger partial charge in [-0.25, -0.2) is 15.0 Å². The monoisotopic (exact) mass is 318 g/mol. The van der Waals surface area contributed by atoms with Gasteiger partial charge in [0, 0.05) is 25.6 Å². The van der Waals surface area contributed by atoms with Crippen molar-refractivity contribution in [3.05, 3.63) is 28.5 Å². The van der Waals surface area contributed by atoms with Crippen molar-refractivity contribution >= 4 is 34.4 Å². The molecule has 14 heavy (non-hydrogen) atoms. The van der Waals surface area contributed by atoms with Crippen molar-refractivity contribution in [3.63, 3.8) is 0 Å². The molecular formula is C8H7IN4S. The Kier molecular flexibility index (Phi) is 3.02. The minimum atomic E-state index is 0.932. The summed E-state index contributed by atoms with van der Waals surface area (Å²) >= 11 is 3.75. The molecule has 0 aliphatic carbocycles. The van der Waals surface area contributed by atoms with Crippen molar-refractivity contribution < 1.29 is 0 Å². The second-order valence-electron chi connectivity index (χ2n) is 2.60. The maximum atomic E-state index is 4.21. The smallest absolute Gasteiger partial charge is 0.174 e. The Labute approximate surface area is 99.3 Å². The van der Waals surface area contributed by atoms with E-state index in [1.54, 1.807) is 30.5 Å². The van der Waals surface area contributed by atoms with E-state index >= 15 is 0 Å². The molecule has 0 fully saturated rings. The average molecular weight is 318 g/mol. The topological polar surface area (TPSA) is 43.6 Å². The Morgan fingerprint density at radius 3 is 2.93 bits per heavy atom. The van der Waals surface area contributed by atoms with Gasteiger partial charge in [-0.2, -0.15) is 0 Å². The first kappa shape index (κ1) is 9.91. The summed E-state index contributed by atoms with van der Waals surface area (Å²) in [6.07, 6.45) is 7.03. The van der Waals surface area contributed by atoms with Gasteiger partial charge in [0.2, 0.25) is 0 Å². The molecule has 0 atom stereocenters. The molecular weight excluding hydrogens is 311 g/mol. The Hall–Kier alpha value is -0.630. The fraction of sp³-hybridized carbons (Fsp3) is 0.125. The van der Waals surface area contributed by atoms with Crippen LogP contribution in [0.15, 0.2) is 35.1 Å². The number of hydrogen-bond donors (Lipinski definition) is 0. The molecule has 0 saturated carbocycles. The molecule has 2 aromatic rings. The molecule has 2 aromatic heterocycles. The SMILES string of the molecule is Cn1ccnc1Sc1ncncc1I. The lowest BCUT2D eigenvalue weighted by molar-refractivity contribution is 0.788. The maximum Gasteiger partial charge on any atom is 0.174 e. The quantitative estimate of drug-likeness (QED) is 0.627. The van der Waals surface area contributed by atoms with Crippen molar-refractivity contribution in [3.8, 4) is 0 Å². The van der Waals surface area contributed by atoms with E-state index in [4.69, 9.17) is 0 Å². The summed E-state index contributed by atoms with van der Waals surface area (Å²) in [4.78, 5) is 12.3. The number of halogens is 1. The number of hydrogen-bond acceptors (Lipinski definition) is 4. The van der Waals surface area contributed by atoms with Crippen molar-refractivity contribution in [1.82, 2.24) is 19.5 Å². The zero-order chi connectivity index (χ0) is 9.97. The molecule has 0 spiro atoms. The van der Waals surface area contributed by atoms with Gasteiger partial charge in [0.1, 0.15) is 11.4 Å². The number of aryl methyl sites for hydroxylation is 1. The zero-order valence-electron chi connectivity index (χ0n) is 7.38. The minimum Gasteiger partial charge on any atom is -0.329 e. The Morgan fingerprint density at radius 1 is 1.43 bits per heavy atom. The van der Waals surface area contributed by atoms with E-state index in [-0.39, 0.29) is 0 Å². The largest absolute Gasteiger partial charge is 0.329 e. The van der Waals surface area contributed by atoms with Gasteiger partial charge in [-0.05, 0) is 34.4 Å². The van der Waals surface area contributed by atoms with Gasteiger partial charge < -0.3 is 4.57 Å². The van der Waals surface area contributed by atoms with Crippen LogP contribution in [0.2, 0.25) is 0 Å². The minimum absolute atomic E-state index is 0.932. The molecule has 0 N–H and O–H groups in total. The van der Waals surface area contributed by atoms with Crippen molar-refractivity contribution in [2.45, 2.75) is 10.2 Å². The van der Waals surface area contributed by atoms with Crippen LogP contribution in [0.3, 0.4) is 0 Å². The van der Waals surface area contributed by atoms with Gasteiger partial charge in [0.05, 0.1) is 3.57 Å². The molecule has 0 radical (unpaired) electrons. The van der Waals surface area contributed by atoms with Gasteiger partial charge in [-0.1, -0.05) is 0 Å². The van der Waals surface area contributed by atoms with Gasteiger partial charge in [0.25, 0.3) is 0 Å².